The number of benzene rings is 1. The zero-order valence-electron chi connectivity index (χ0n) is 7.32. The summed E-state index contributed by atoms with van der Waals surface area (Å²) in [6, 6.07) is 5.03. The second kappa shape index (κ2) is 3.32. The van der Waals surface area contributed by atoms with E-state index in [-0.39, 0.29) is 4.90 Å². The Morgan fingerprint density at radius 2 is 2.08 bits per heavy atom. The first kappa shape index (κ1) is 9.95. The summed E-state index contributed by atoms with van der Waals surface area (Å²) in [4.78, 5) is 0.127. The van der Waals surface area contributed by atoms with Crippen LogP contribution in [0.4, 0.5) is 0 Å². The maximum Gasteiger partial charge on any atom is 0.238 e. The summed E-state index contributed by atoms with van der Waals surface area (Å²) in [5.74, 6) is 0. The van der Waals surface area contributed by atoms with Crippen molar-refractivity contribution >= 4 is 16.1 Å². The third-order valence-electron chi connectivity index (χ3n) is 1.70. The van der Waals surface area contributed by atoms with Gasteiger partial charge in [-0.15, -0.1) is 0 Å². The monoisotopic (exact) mass is 197 g/mol. The SMILES string of the molecule is C=Cc1ccc(C)cc1S(N)(=O)=O. The van der Waals surface area contributed by atoms with Gasteiger partial charge in [0, 0.05) is 0 Å². The van der Waals surface area contributed by atoms with Crippen molar-refractivity contribution in [1.82, 2.24) is 0 Å². The Hall–Kier alpha value is -1.13. The Kier molecular flexibility index (Phi) is 2.54. The molecule has 0 amide bonds. The molecule has 3 nitrogen and oxygen atoms in total. The second-order valence-corrected chi connectivity index (χ2v) is 4.32. The van der Waals surface area contributed by atoms with E-state index in [2.05, 4.69) is 6.58 Å². The Labute approximate surface area is 77.9 Å². The van der Waals surface area contributed by atoms with Crippen molar-refractivity contribution in [1.29, 1.82) is 0 Å². The predicted octanol–water partition coefficient (Wildman–Crippen LogP) is 1.29. The molecular weight excluding hydrogens is 186 g/mol. The molecule has 0 bridgehead atoms. The van der Waals surface area contributed by atoms with E-state index in [1.54, 1.807) is 6.07 Å². The van der Waals surface area contributed by atoms with Gasteiger partial charge in [0.25, 0.3) is 0 Å². The molecule has 1 aromatic rings. The van der Waals surface area contributed by atoms with Gasteiger partial charge in [0.2, 0.25) is 10.0 Å². The maximum absolute atomic E-state index is 11.1. The number of sulfonamides is 1. The molecule has 2 N–H and O–H groups in total. The number of primary sulfonamides is 1. The highest BCUT2D eigenvalue weighted by molar-refractivity contribution is 7.89. The van der Waals surface area contributed by atoms with Gasteiger partial charge >= 0.3 is 0 Å². The third kappa shape index (κ3) is 2.17. The molecule has 4 heteroatoms. The second-order valence-electron chi connectivity index (χ2n) is 2.79. The van der Waals surface area contributed by atoms with Crippen LogP contribution in [0.3, 0.4) is 0 Å². The van der Waals surface area contributed by atoms with Crippen LogP contribution in [0.5, 0.6) is 0 Å². The molecule has 70 valence electrons. The Morgan fingerprint density at radius 3 is 2.54 bits per heavy atom. The summed E-state index contributed by atoms with van der Waals surface area (Å²) < 4.78 is 22.2. The van der Waals surface area contributed by atoms with E-state index >= 15 is 0 Å². The van der Waals surface area contributed by atoms with Crippen LogP contribution in [0, 0.1) is 6.92 Å². The average molecular weight is 197 g/mol. The molecule has 13 heavy (non-hydrogen) atoms. The summed E-state index contributed by atoms with van der Waals surface area (Å²) in [5, 5.41) is 5.03. The summed E-state index contributed by atoms with van der Waals surface area (Å²) in [6.07, 6.45) is 1.47. The molecule has 0 aliphatic carbocycles. The minimum absolute atomic E-state index is 0.127. The van der Waals surface area contributed by atoms with Crippen LogP contribution < -0.4 is 5.14 Å². The largest absolute Gasteiger partial charge is 0.238 e. The lowest BCUT2D eigenvalue weighted by Crippen LogP contribution is -2.13. The van der Waals surface area contributed by atoms with Crippen molar-refractivity contribution in [2.24, 2.45) is 5.14 Å². The lowest BCUT2D eigenvalue weighted by Gasteiger charge is -2.03. The first-order chi connectivity index (χ1) is 5.95. The van der Waals surface area contributed by atoms with Crippen molar-refractivity contribution in [3.63, 3.8) is 0 Å². The van der Waals surface area contributed by atoms with Crippen molar-refractivity contribution < 1.29 is 8.42 Å². The number of hydrogen-bond donors (Lipinski definition) is 1. The van der Waals surface area contributed by atoms with E-state index in [0.29, 0.717) is 5.56 Å². The van der Waals surface area contributed by atoms with E-state index in [0.717, 1.165) is 5.56 Å². The molecule has 1 rings (SSSR count). The first-order valence-corrected chi connectivity index (χ1v) is 5.25. The maximum atomic E-state index is 11.1. The van der Waals surface area contributed by atoms with Gasteiger partial charge < -0.3 is 0 Å². The summed E-state index contributed by atoms with van der Waals surface area (Å²) >= 11 is 0. The van der Waals surface area contributed by atoms with Crippen LogP contribution in [0.25, 0.3) is 6.08 Å². The van der Waals surface area contributed by atoms with Gasteiger partial charge in [0.15, 0.2) is 0 Å². The molecule has 0 unspecified atom stereocenters. The van der Waals surface area contributed by atoms with Gasteiger partial charge in [0.1, 0.15) is 0 Å². The molecular formula is C9H11NO2S. The van der Waals surface area contributed by atoms with E-state index in [4.69, 9.17) is 5.14 Å². The smallest absolute Gasteiger partial charge is 0.225 e. The first-order valence-electron chi connectivity index (χ1n) is 3.71. The topological polar surface area (TPSA) is 60.2 Å². The highest BCUT2D eigenvalue weighted by atomic mass is 32.2. The van der Waals surface area contributed by atoms with Crippen molar-refractivity contribution in [3.05, 3.63) is 35.9 Å². The van der Waals surface area contributed by atoms with Crippen molar-refractivity contribution in [3.8, 4) is 0 Å². The van der Waals surface area contributed by atoms with Crippen LogP contribution in [0.15, 0.2) is 29.7 Å². The molecule has 0 saturated carbocycles. The van der Waals surface area contributed by atoms with Crippen LogP contribution in [-0.2, 0) is 10.0 Å². The van der Waals surface area contributed by atoms with Crippen molar-refractivity contribution in [2.75, 3.05) is 0 Å². The Morgan fingerprint density at radius 1 is 1.46 bits per heavy atom. The molecule has 0 atom stereocenters. The predicted molar refractivity (Wildman–Crippen MR) is 52.6 cm³/mol. The fourth-order valence-electron chi connectivity index (χ4n) is 1.06. The molecule has 0 saturated heterocycles. The molecule has 0 aliphatic heterocycles. The fourth-order valence-corrected chi connectivity index (χ4v) is 1.89. The lowest BCUT2D eigenvalue weighted by molar-refractivity contribution is 0.597. The molecule has 0 aromatic heterocycles. The Bertz CT molecular complexity index is 435. The van der Waals surface area contributed by atoms with Crippen molar-refractivity contribution in [2.45, 2.75) is 11.8 Å². The molecule has 0 radical (unpaired) electrons. The average Bonchev–Trinajstić information content (AvgIpc) is 2.03. The van der Waals surface area contributed by atoms with Crippen LogP contribution in [0.1, 0.15) is 11.1 Å². The van der Waals surface area contributed by atoms with Crippen LogP contribution in [0.2, 0.25) is 0 Å². The number of hydrogen-bond acceptors (Lipinski definition) is 2. The summed E-state index contributed by atoms with van der Waals surface area (Å²) in [7, 11) is -3.64. The fraction of sp³-hybridized carbons (Fsp3) is 0.111. The minimum atomic E-state index is -3.64. The third-order valence-corrected chi connectivity index (χ3v) is 2.66. The van der Waals surface area contributed by atoms with E-state index in [9.17, 15) is 8.42 Å². The standard InChI is InChI=1S/C9H11NO2S/c1-3-8-5-4-7(2)6-9(8)13(10,11)12/h3-6H,1H2,2H3,(H2,10,11,12). The van der Waals surface area contributed by atoms with Crippen LogP contribution in [-0.4, -0.2) is 8.42 Å². The quantitative estimate of drug-likeness (QED) is 0.776. The summed E-state index contributed by atoms with van der Waals surface area (Å²) in [5.41, 5.74) is 1.39. The zero-order chi connectivity index (χ0) is 10.1. The number of nitrogens with two attached hydrogens (primary N) is 1. The summed E-state index contributed by atoms with van der Waals surface area (Å²) in [6.45, 7) is 5.32. The zero-order valence-corrected chi connectivity index (χ0v) is 8.14. The molecule has 1 aromatic carbocycles. The van der Waals surface area contributed by atoms with Gasteiger partial charge in [-0.1, -0.05) is 24.8 Å². The van der Waals surface area contributed by atoms with E-state index in [1.165, 1.54) is 12.1 Å². The van der Waals surface area contributed by atoms with E-state index < -0.39 is 10.0 Å². The highest BCUT2D eigenvalue weighted by Crippen LogP contribution is 2.16. The van der Waals surface area contributed by atoms with Crippen LogP contribution >= 0.6 is 0 Å². The molecule has 0 spiro atoms. The molecule has 0 fully saturated rings. The van der Waals surface area contributed by atoms with Gasteiger partial charge in [-0.05, 0) is 24.1 Å². The Balaban J connectivity index is 3.50. The van der Waals surface area contributed by atoms with Gasteiger partial charge in [0.05, 0.1) is 4.90 Å². The van der Waals surface area contributed by atoms with Gasteiger partial charge in [-0.2, -0.15) is 0 Å². The van der Waals surface area contributed by atoms with E-state index in [1.807, 2.05) is 13.0 Å². The van der Waals surface area contributed by atoms with Gasteiger partial charge in [-0.3, -0.25) is 0 Å². The highest BCUT2D eigenvalue weighted by Gasteiger charge is 2.11. The minimum Gasteiger partial charge on any atom is -0.225 e. The number of aryl methyl sites for hydroxylation is 1. The normalized spacial score (nSPS) is 11.2. The van der Waals surface area contributed by atoms with Gasteiger partial charge in [-0.25, -0.2) is 13.6 Å². The molecule has 0 heterocycles. The lowest BCUT2D eigenvalue weighted by atomic mass is 10.1. The number of rotatable bonds is 2. The molecule has 0 aliphatic rings.